The minimum absolute atomic E-state index is 0.0402. The Kier molecular flexibility index (Phi) is 7.45. The van der Waals surface area contributed by atoms with Crippen LogP contribution < -0.4 is 10.6 Å². The van der Waals surface area contributed by atoms with Crippen molar-refractivity contribution in [3.63, 3.8) is 0 Å². The molecule has 0 spiro atoms. The van der Waals surface area contributed by atoms with Crippen LogP contribution in [0, 0.1) is 6.92 Å². The average Bonchev–Trinajstić information content (AvgIpc) is 2.48. The normalized spacial score (nSPS) is 12.3. The van der Waals surface area contributed by atoms with Gasteiger partial charge in [-0.25, -0.2) is 0 Å². The third kappa shape index (κ3) is 5.65. The lowest BCUT2D eigenvalue weighted by Crippen LogP contribution is -2.31. The first-order valence-electron chi connectivity index (χ1n) is 7.38. The predicted octanol–water partition coefficient (Wildman–Crippen LogP) is 3.94. The molecule has 0 heterocycles. The van der Waals surface area contributed by atoms with Crippen molar-refractivity contribution in [3.8, 4) is 0 Å². The summed E-state index contributed by atoms with van der Waals surface area (Å²) in [4.78, 5) is 28.5. The molecule has 24 heavy (non-hydrogen) atoms. The molecule has 2 amide bonds. The van der Waals surface area contributed by atoms with E-state index in [0.717, 1.165) is 0 Å². The maximum atomic E-state index is 12.4. The first-order chi connectivity index (χ1) is 11.1. The van der Waals surface area contributed by atoms with Crippen molar-refractivity contribution in [2.24, 2.45) is 4.99 Å². The SMILES string of the molecule is CN=C(Cl)/C=C(\C)C(=O)Nc1c(C)cc(Cl)cc1C(=O)NC(C)C. The van der Waals surface area contributed by atoms with Crippen molar-refractivity contribution in [2.75, 3.05) is 12.4 Å². The largest absolute Gasteiger partial charge is 0.350 e. The highest BCUT2D eigenvalue weighted by molar-refractivity contribution is 6.68. The van der Waals surface area contributed by atoms with Gasteiger partial charge in [0, 0.05) is 23.7 Å². The van der Waals surface area contributed by atoms with Gasteiger partial charge in [0.15, 0.2) is 0 Å². The Labute approximate surface area is 152 Å². The molecule has 1 aromatic carbocycles. The van der Waals surface area contributed by atoms with Gasteiger partial charge < -0.3 is 10.6 Å². The highest BCUT2D eigenvalue weighted by atomic mass is 35.5. The Morgan fingerprint density at radius 2 is 1.92 bits per heavy atom. The van der Waals surface area contributed by atoms with E-state index in [-0.39, 0.29) is 23.0 Å². The summed E-state index contributed by atoms with van der Waals surface area (Å²) >= 11 is 11.9. The number of allylic oxidation sites excluding steroid dienone is 1. The molecule has 0 saturated carbocycles. The second kappa shape index (κ2) is 8.85. The molecule has 0 aliphatic heterocycles. The topological polar surface area (TPSA) is 70.6 Å². The number of aryl methyl sites for hydroxylation is 1. The molecule has 0 unspecified atom stereocenters. The standard InChI is InChI=1S/C17H21Cl2N3O2/c1-9(2)21-17(24)13-8-12(18)6-10(3)15(13)22-16(23)11(4)7-14(19)20-5/h6-9H,1-5H3,(H,21,24)(H,22,23)/b11-7+,20-14?. The van der Waals surface area contributed by atoms with Crippen LogP contribution in [0.1, 0.15) is 36.7 Å². The molecular formula is C17H21Cl2N3O2. The van der Waals surface area contributed by atoms with Crippen LogP contribution >= 0.6 is 23.2 Å². The van der Waals surface area contributed by atoms with E-state index < -0.39 is 0 Å². The Morgan fingerprint density at radius 3 is 2.46 bits per heavy atom. The zero-order valence-electron chi connectivity index (χ0n) is 14.3. The molecule has 130 valence electrons. The minimum Gasteiger partial charge on any atom is -0.350 e. The maximum absolute atomic E-state index is 12.4. The molecule has 0 aromatic heterocycles. The Bertz CT molecular complexity index is 710. The van der Waals surface area contributed by atoms with Crippen molar-refractivity contribution in [3.05, 3.63) is 39.9 Å². The van der Waals surface area contributed by atoms with Gasteiger partial charge in [-0.2, -0.15) is 0 Å². The van der Waals surface area contributed by atoms with E-state index in [1.807, 2.05) is 13.8 Å². The molecule has 0 saturated heterocycles. The number of amides is 2. The third-order valence-electron chi connectivity index (χ3n) is 3.11. The van der Waals surface area contributed by atoms with Crippen molar-refractivity contribution in [1.82, 2.24) is 5.32 Å². The summed E-state index contributed by atoms with van der Waals surface area (Å²) in [6.07, 6.45) is 1.45. The van der Waals surface area contributed by atoms with Crippen molar-refractivity contribution in [2.45, 2.75) is 33.7 Å². The van der Waals surface area contributed by atoms with E-state index in [1.165, 1.54) is 19.2 Å². The zero-order valence-corrected chi connectivity index (χ0v) is 15.8. The maximum Gasteiger partial charge on any atom is 0.253 e. The van der Waals surface area contributed by atoms with E-state index >= 15 is 0 Å². The van der Waals surface area contributed by atoms with Gasteiger partial charge in [-0.15, -0.1) is 0 Å². The molecule has 0 aliphatic carbocycles. The van der Waals surface area contributed by atoms with E-state index in [0.29, 0.717) is 27.4 Å². The molecule has 1 aromatic rings. The van der Waals surface area contributed by atoms with Gasteiger partial charge in [0.1, 0.15) is 5.17 Å². The van der Waals surface area contributed by atoms with Crippen LogP contribution in [-0.2, 0) is 4.79 Å². The number of anilines is 1. The summed E-state index contributed by atoms with van der Waals surface area (Å²) < 4.78 is 0. The van der Waals surface area contributed by atoms with Gasteiger partial charge >= 0.3 is 0 Å². The lowest BCUT2D eigenvalue weighted by Gasteiger charge is -2.16. The number of benzene rings is 1. The summed E-state index contributed by atoms with van der Waals surface area (Å²) in [7, 11) is 1.53. The third-order valence-corrected chi connectivity index (χ3v) is 3.61. The van der Waals surface area contributed by atoms with Crippen LogP contribution in [0.4, 0.5) is 5.69 Å². The number of hydrogen-bond acceptors (Lipinski definition) is 3. The molecule has 5 nitrogen and oxygen atoms in total. The number of rotatable bonds is 5. The van der Waals surface area contributed by atoms with Crippen molar-refractivity contribution in [1.29, 1.82) is 0 Å². The fourth-order valence-corrected chi connectivity index (χ4v) is 2.39. The van der Waals surface area contributed by atoms with Gasteiger partial charge in [0.2, 0.25) is 0 Å². The van der Waals surface area contributed by atoms with Crippen LogP contribution in [0.2, 0.25) is 5.02 Å². The first-order valence-corrected chi connectivity index (χ1v) is 8.14. The van der Waals surface area contributed by atoms with Crippen LogP contribution in [0.3, 0.4) is 0 Å². The van der Waals surface area contributed by atoms with E-state index in [4.69, 9.17) is 23.2 Å². The van der Waals surface area contributed by atoms with Gasteiger partial charge in [-0.3, -0.25) is 14.6 Å². The van der Waals surface area contributed by atoms with Crippen LogP contribution in [0.15, 0.2) is 28.8 Å². The average molecular weight is 370 g/mol. The quantitative estimate of drug-likeness (QED) is 0.609. The van der Waals surface area contributed by atoms with Gasteiger partial charge in [0.25, 0.3) is 11.8 Å². The van der Waals surface area contributed by atoms with E-state index in [9.17, 15) is 9.59 Å². The summed E-state index contributed by atoms with van der Waals surface area (Å²) in [5.74, 6) is -0.679. The molecule has 7 heteroatoms. The number of nitrogens with zero attached hydrogens (tertiary/aromatic N) is 1. The lowest BCUT2D eigenvalue weighted by atomic mass is 10.1. The van der Waals surface area contributed by atoms with Crippen molar-refractivity contribution >= 4 is 45.9 Å². The highest BCUT2D eigenvalue weighted by Gasteiger charge is 2.18. The number of nitrogens with one attached hydrogen (secondary N) is 2. The zero-order chi connectivity index (χ0) is 18.4. The number of carbonyl (C=O) groups is 2. The van der Waals surface area contributed by atoms with Gasteiger partial charge in [0.05, 0.1) is 11.3 Å². The van der Waals surface area contributed by atoms with E-state index in [2.05, 4.69) is 15.6 Å². The van der Waals surface area contributed by atoms with Crippen LogP contribution in [-0.4, -0.2) is 30.1 Å². The molecule has 0 fully saturated rings. The summed E-state index contributed by atoms with van der Waals surface area (Å²) in [6, 6.07) is 3.17. The van der Waals surface area contributed by atoms with E-state index in [1.54, 1.807) is 19.9 Å². The molecule has 0 aliphatic rings. The molecule has 0 bridgehead atoms. The summed E-state index contributed by atoms with van der Waals surface area (Å²) in [5.41, 5.74) is 1.79. The van der Waals surface area contributed by atoms with Crippen LogP contribution in [0.5, 0.6) is 0 Å². The van der Waals surface area contributed by atoms with Gasteiger partial charge in [-0.05, 0) is 51.5 Å². The molecular weight excluding hydrogens is 349 g/mol. The molecule has 2 N–H and O–H groups in total. The fourth-order valence-electron chi connectivity index (χ4n) is 1.95. The number of carbonyl (C=O) groups excluding carboxylic acids is 2. The lowest BCUT2D eigenvalue weighted by molar-refractivity contribution is -0.112. The Balaban J connectivity index is 3.21. The number of aliphatic imine (C=N–C) groups is 1. The monoisotopic (exact) mass is 369 g/mol. The number of hydrogen-bond donors (Lipinski definition) is 2. The first kappa shape index (κ1) is 20.2. The van der Waals surface area contributed by atoms with Gasteiger partial charge in [-0.1, -0.05) is 23.2 Å². The predicted molar refractivity (Wildman–Crippen MR) is 100 cm³/mol. The van der Waals surface area contributed by atoms with Crippen molar-refractivity contribution < 1.29 is 9.59 Å². The molecule has 0 atom stereocenters. The Morgan fingerprint density at radius 1 is 1.29 bits per heavy atom. The fraction of sp³-hybridized carbons (Fsp3) is 0.353. The molecule has 1 rings (SSSR count). The minimum atomic E-state index is -0.374. The summed E-state index contributed by atoms with van der Waals surface area (Å²) in [5, 5.41) is 6.18. The van der Waals surface area contributed by atoms with Crippen LogP contribution in [0.25, 0.3) is 0 Å². The second-order valence-corrected chi connectivity index (χ2v) is 6.42. The summed E-state index contributed by atoms with van der Waals surface area (Å²) in [6.45, 7) is 7.09. The second-order valence-electron chi connectivity index (χ2n) is 5.60. The molecule has 0 radical (unpaired) electrons. The smallest absolute Gasteiger partial charge is 0.253 e. The Hall–Kier alpha value is -1.85. The highest BCUT2D eigenvalue weighted by Crippen LogP contribution is 2.26. The number of halogens is 2.